The topological polar surface area (TPSA) is 66.3 Å². The lowest BCUT2D eigenvalue weighted by molar-refractivity contribution is 0.177. The minimum atomic E-state index is 0.0732. The lowest BCUT2D eigenvalue weighted by Gasteiger charge is -2.33. The van der Waals surface area contributed by atoms with E-state index in [1.807, 2.05) is 4.90 Å². The van der Waals surface area contributed by atoms with Crippen LogP contribution in [0.4, 0.5) is 4.79 Å². The van der Waals surface area contributed by atoms with Crippen LogP contribution in [-0.2, 0) is 13.0 Å². The van der Waals surface area contributed by atoms with Crippen LogP contribution < -0.4 is 5.32 Å². The second-order valence-corrected chi connectivity index (χ2v) is 8.31. The molecule has 4 heterocycles. The predicted molar refractivity (Wildman–Crippen MR) is 105 cm³/mol. The van der Waals surface area contributed by atoms with E-state index in [1.165, 1.54) is 18.4 Å². The number of urea groups is 1. The highest BCUT2D eigenvalue weighted by Gasteiger charge is 2.29. The number of aromatic nitrogens is 3. The fourth-order valence-electron chi connectivity index (χ4n) is 4.52. The summed E-state index contributed by atoms with van der Waals surface area (Å²) in [5.41, 5.74) is 1.35. The molecule has 27 heavy (non-hydrogen) atoms. The number of hydrogen-bond donors (Lipinski definition) is 1. The molecule has 7 heteroatoms. The first-order valence-corrected chi connectivity index (χ1v) is 10.5. The van der Waals surface area contributed by atoms with Gasteiger partial charge in [0.1, 0.15) is 11.6 Å². The summed E-state index contributed by atoms with van der Waals surface area (Å²) in [6, 6.07) is 0.191. The van der Waals surface area contributed by atoms with Crippen molar-refractivity contribution in [3.63, 3.8) is 0 Å². The quantitative estimate of drug-likeness (QED) is 0.826. The number of nitrogens with zero attached hydrogens (tertiary/aromatic N) is 5. The third-order valence-corrected chi connectivity index (χ3v) is 6.38. The highest BCUT2D eigenvalue weighted by Crippen LogP contribution is 2.29. The average Bonchev–Trinajstić information content (AvgIpc) is 3.12. The van der Waals surface area contributed by atoms with Crippen molar-refractivity contribution in [2.24, 2.45) is 0 Å². The smallest absolute Gasteiger partial charge is 0.317 e. The van der Waals surface area contributed by atoms with E-state index in [1.54, 1.807) is 0 Å². The van der Waals surface area contributed by atoms with E-state index in [2.05, 4.69) is 45.0 Å². The molecule has 1 saturated heterocycles. The monoisotopic (exact) mass is 372 g/mol. The molecule has 3 aliphatic rings. The third-order valence-electron chi connectivity index (χ3n) is 6.38. The molecule has 3 aliphatic heterocycles. The minimum Gasteiger partial charge on any atom is -0.332 e. The maximum absolute atomic E-state index is 12.7. The summed E-state index contributed by atoms with van der Waals surface area (Å²) < 4.78 is 2.33. The van der Waals surface area contributed by atoms with Gasteiger partial charge >= 0.3 is 6.03 Å². The fraction of sp³-hybridized carbons (Fsp3) is 0.750. The first kappa shape index (κ1) is 18.5. The Balaban J connectivity index is 1.30. The number of aryl methyl sites for hydroxylation is 1. The number of likely N-dealkylation sites (tertiary alicyclic amines) is 1. The summed E-state index contributed by atoms with van der Waals surface area (Å²) in [7, 11) is 2.13. The van der Waals surface area contributed by atoms with Crippen LogP contribution in [0.2, 0.25) is 0 Å². The molecule has 0 spiro atoms. The number of rotatable bonds is 3. The third kappa shape index (κ3) is 4.03. The molecule has 4 rings (SSSR count). The number of fused-ring (bicyclic) bond motifs is 1. The van der Waals surface area contributed by atoms with Crippen LogP contribution in [0.15, 0.2) is 11.6 Å². The molecule has 2 amide bonds. The molecular formula is C20H32N6O. The summed E-state index contributed by atoms with van der Waals surface area (Å²) in [4.78, 5) is 17.0. The zero-order valence-electron chi connectivity index (χ0n) is 16.7. The molecule has 148 valence electrons. The summed E-state index contributed by atoms with van der Waals surface area (Å²) in [6.45, 7) is 6.80. The molecule has 0 saturated carbocycles. The Morgan fingerprint density at radius 3 is 2.70 bits per heavy atom. The molecular weight excluding hydrogens is 340 g/mol. The van der Waals surface area contributed by atoms with Gasteiger partial charge in [0.15, 0.2) is 0 Å². The summed E-state index contributed by atoms with van der Waals surface area (Å²) in [6.07, 6.45) is 8.76. The van der Waals surface area contributed by atoms with Crippen molar-refractivity contribution >= 4 is 6.03 Å². The Hall–Kier alpha value is -1.89. The van der Waals surface area contributed by atoms with Crippen LogP contribution in [0.1, 0.15) is 56.6 Å². The highest BCUT2D eigenvalue weighted by molar-refractivity contribution is 5.75. The number of carbonyl (C=O) groups excluding carboxylic acids is 1. The average molecular weight is 373 g/mol. The Labute approximate surface area is 161 Å². The van der Waals surface area contributed by atoms with Gasteiger partial charge in [0.25, 0.3) is 0 Å². The number of nitrogens with one attached hydrogen (secondary N) is 1. The normalized spacial score (nSPS) is 22.9. The second kappa shape index (κ2) is 8.00. The summed E-state index contributed by atoms with van der Waals surface area (Å²) in [5.74, 6) is 2.73. The van der Waals surface area contributed by atoms with Crippen molar-refractivity contribution in [3.05, 3.63) is 23.3 Å². The highest BCUT2D eigenvalue weighted by atomic mass is 16.2. The van der Waals surface area contributed by atoms with Crippen LogP contribution in [0.25, 0.3) is 0 Å². The van der Waals surface area contributed by atoms with Crippen LogP contribution in [-0.4, -0.2) is 69.9 Å². The zero-order valence-corrected chi connectivity index (χ0v) is 16.7. The van der Waals surface area contributed by atoms with Gasteiger partial charge in [0, 0.05) is 51.1 Å². The number of likely N-dealkylation sites (N-methyl/N-ethyl adjacent to an activating group) is 1. The van der Waals surface area contributed by atoms with Gasteiger partial charge in [-0.25, -0.2) is 4.79 Å². The van der Waals surface area contributed by atoms with Crippen LogP contribution in [0.3, 0.4) is 0 Å². The van der Waals surface area contributed by atoms with E-state index in [4.69, 9.17) is 0 Å². The zero-order chi connectivity index (χ0) is 18.8. The molecule has 7 nitrogen and oxygen atoms in total. The van der Waals surface area contributed by atoms with Crippen molar-refractivity contribution in [1.82, 2.24) is 29.9 Å². The van der Waals surface area contributed by atoms with Crippen LogP contribution in [0.5, 0.6) is 0 Å². The van der Waals surface area contributed by atoms with Gasteiger partial charge in [0.2, 0.25) is 0 Å². The van der Waals surface area contributed by atoms with E-state index in [9.17, 15) is 4.79 Å². The molecule has 1 atom stereocenters. The van der Waals surface area contributed by atoms with Gasteiger partial charge in [-0.05, 0) is 51.6 Å². The van der Waals surface area contributed by atoms with Crippen molar-refractivity contribution in [3.8, 4) is 0 Å². The van der Waals surface area contributed by atoms with Gasteiger partial charge in [-0.3, -0.25) is 0 Å². The Morgan fingerprint density at radius 2 is 1.96 bits per heavy atom. The largest absolute Gasteiger partial charge is 0.332 e. The van der Waals surface area contributed by atoms with E-state index < -0.39 is 0 Å². The first-order chi connectivity index (χ1) is 13.1. The van der Waals surface area contributed by atoms with Gasteiger partial charge in [-0.1, -0.05) is 6.08 Å². The molecule has 1 N–H and O–H groups in total. The molecule has 1 aromatic heterocycles. The predicted octanol–water partition coefficient (Wildman–Crippen LogP) is 2.15. The van der Waals surface area contributed by atoms with E-state index >= 15 is 0 Å². The van der Waals surface area contributed by atoms with Gasteiger partial charge in [-0.2, -0.15) is 0 Å². The van der Waals surface area contributed by atoms with Gasteiger partial charge in [-0.15, -0.1) is 10.2 Å². The molecule has 0 bridgehead atoms. The summed E-state index contributed by atoms with van der Waals surface area (Å²) >= 11 is 0. The van der Waals surface area contributed by atoms with E-state index in [0.717, 1.165) is 70.1 Å². The Morgan fingerprint density at radius 1 is 1.15 bits per heavy atom. The molecule has 1 unspecified atom stereocenters. The second-order valence-electron chi connectivity index (χ2n) is 8.31. The minimum absolute atomic E-state index is 0.0732. The van der Waals surface area contributed by atoms with Gasteiger partial charge < -0.3 is 19.7 Å². The Bertz CT molecular complexity index is 703. The summed E-state index contributed by atoms with van der Waals surface area (Å²) in [5, 5.41) is 12.1. The molecule has 0 radical (unpaired) electrons. The van der Waals surface area contributed by atoms with Crippen LogP contribution >= 0.6 is 0 Å². The maximum atomic E-state index is 12.7. The van der Waals surface area contributed by atoms with Crippen LogP contribution in [0, 0.1) is 0 Å². The van der Waals surface area contributed by atoms with Crippen molar-refractivity contribution in [2.45, 2.75) is 64.0 Å². The first-order valence-electron chi connectivity index (χ1n) is 10.5. The lowest BCUT2D eigenvalue weighted by atomic mass is 9.95. The molecule has 1 fully saturated rings. The van der Waals surface area contributed by atoms with Crippen molar-refractivity contribution in [1.29, 1.82) is 0 Å². The maximum Gasteiger partial charge on any atom is 0.317 e. The SMILES string of the molecule is CC(NC(=O)N1CCC(c2nnc3n2CCCC3)CC1)C1=CCN(C)CC1. The molecule has 1 aromatic rings. The van der Waals surface area contributed by atoms with Gasteiger partial charge in [0.05, 0.1) is 0 Å². The number of carbonyl (C=O) groups is 1. The lowest BCUT2D eigenvalue weighted by Crippen LogP contribution is -2.48. The van der Waals surface area contributed by atoms with E-state index in [0.29, 0.717) is 5.92 Å². The number of amides is 2. The molecule has 0 aromatic carbocycles. The fourth-order valence-corrected chi connectivity index (χ4v) is 4.52. The van der Waals surface area contributed by atoms with E-state index in [-0.39, 0.29) is 12.1 Å². The molecule has 0 aliphatic carbocycles. The Kier molecular flexibility index (Phi) is 5.48. The number of hydrogen-bond acceptors (Lipinski definition) is 4. The number of piperidine rings is 1. The standard InChI is InChI=1S/C20H32N6O/c1-15(16-6-11-24(2)12-7-16)21-20(27)25-13-8-17(9-14-25)19-23-22-18-5-3-4-10-26(18)19/h6,15,17H,3-5,7-14H2,1-2H3,(H,21,27). The van der Waals surface area contributed by atoms with Crippen molar-refractivity contribution in [2.75, 3.05) is 33.2 Å². The van der Waals surface area contributed by atoms with Crippen molar-refractivity contribution < 1.29 is 4.79 Å².